The molecule has 0 aliphatic carbocycles. The molecule has 10 heavy (non-hydrogen) atoms. The summed E-state index contributed by atoms with van der Waals surface area (Å²) in [6, 6.07) is 0. The smallest absolute Gasteiger partial charge is 0.652 e. The molecule has 8 heteroatoms. The second kappa shape index (κ2) is 16.4. The molecule has 0 rings (SSSR count). The molecule has 0 unspecified atom stereocenters. The van der Waals surface area contributed by atoms with Crippen LogP contribution in [-0.4, -0.2) is 57.8 Å². The average molecular weight is 316 g/mol. The Balaban J connectivity index is -0.0000000300. The molecule has 1 radical (unpaired) electrons. The van der Waals surface area contributed by atoms with Gasteiger partial charge in [0.05, 0.1) is 0 Å². The SMILES string of the molecule is O=C([O-])[O-].O=C([O-])[O-].[Ag].[Sr+2]. The van der Waals surface area contributed by atoms with E-state index >= 15 is 0 Å². The van der Waals surface area contributed by atoms with E-state index in [0.717, 1.165) is 0 Å². The molecule has 6 nitrogen and oxygen atoms in total. The van der Waals surface area contributed by atoms with Gasteiger partial charge in [0.15, 0.2) is 0 Å². The van der Waals surface area contributed by atoms with Crippen LogP contribution < -0.4 is 20.4 Å². The molecule has 0 amide bonds. The van der Waals surface area contributed by atoms with Gasteiger partial charge in [-0.05, 0) is 12.3 Å². The minimum absolute atomic E-state index is 0. The molecule has 0 aromatic heterocycles. The molecule has 0 bridgehead atoms. The summed E-state index contributed by atoms with van der Waals surface area (Å²) in [6.07, 6.45) is -4.67. The first-order valence-electron chi connectivity index (χ1n) is 1.22. The molecular formula is C2AgO6Sr-2. The van der Waals surface area contributed by atoms with E-state index in [1.807, 2.05) is 0 Å². The van der Waals surface area contributed by atoms with Gasteiger partial charge in [-0.25, -0.2) is 0 Å². The predicted molar refractivity (Wildman–Crippen MR) is 16.5 cm³/mol. The third kappa shape index (κ3) is 912. The van der Waals surface area contributed by atoms with Gasteiger partial charge >= 0.3 is 45.5 Å². The third-order valence-electron chi connectivity index (χ3n) is 0. The Hall–Kier alpha value is 0.761. The zero-order valence-corrected chi connectivity index (χ0v) is 9.42. The van der Waals surface area contributed by atoms with Crippen molar-refractivity contribution in [2.75, 3.05) is 0 Å². The summed E-state index contributed by atoms with van der Waals surface area (Å²) in [5.41, 5.74) is 0. The Morgan fingerprint density at radius 2 is 0.800 bits per heavy atom. The molecule has 0 saturated heterocycles. The fraction of sp³-hybridized carbons (Fsp3) is 0. The zero-order valence-electron chi connectivity index (χ0n) is 4.46. The van der Waals surface area contributed by atoms with Gasteiger partial charge in [-0.1, -0.05) is 0 Å². The minimum Gasteiger partial charge on any atom is -0.652 e. The van der Waals surface area contributed by atoms with Crippen LogP contribution in [0.15, 0.2) is 0 Å². The van der Waals surface area contributed by atoms with E-state index in [4.69, 9.17) is 30.0 Å². The van der Waals surface area contributed by atoms with Gasteiger partial charge in [-0.2, -0.15) is 0 Å². The van der Waals surface area contributed by atoms with Crippen LogP contribution >= 0.6 is 0 Å². The van der Waals surface area contributed by atoms with Crippen LogP contribution in [0.5, 0.6) is 0 Å². The van der Waals surface area contributed by atoms with Gasteiger partial charge in [-0.3, -0.25) is 0 Å². The van der Waals surface area contributed by atoms with Crippen LogP contribution in [-0.2, 0) is 22.4 Å². The average Bonchev–Trinajstić information content (AvgIpc) is 1.25. The Labute approximate surface area is 109 Å². The van der Waals surface area contributed by atoms with E-state index in [-0.39, 0.29) is 67.9 Å². The van der Waals surface area contributed by atoms with E-state index in [1.54, 1.807) is 0 Å². The van der Waals surface area contributed by atoms with Gasteiger partial charge in [0.25, 0.3) is 0 Å². The molecule has 0 aliphatic rings. The quantitative estimate of drug-likeness (QED) is 0.411. The molecule has 0 saturated carbocycles. The van der Waals surface area contributed by atoms with Crippen LogP contribution in [0.25, 0.3) is 0 Å². The second-order valence-corrected chi connectivity index (χ2v) is 0.500. The van der Waals surface area contributed by atoms with Crippen molar-refractivity contribution in [2.45, 2.75) is 0 Å². The van der Waals surface area contributed by atoms with Crippen molar-refractivity contribution < 1.29 is 52.4 Å². The minimum atomic E-state index is -2.33. The van der Waals surface area contributed by atoms with Gasteiger partial charge in [0, 0.05) is 22.4 Å². The summed E-state index contributed by atoms with van der Waals surface area (Å²) in [5, 5.41) is 33.3. The van der Waals surface area contributed by atoms with Crippen LogP contribution in [0.1, 0.15) is 0 Å². The number of rotatable bonds is 0. The summed E-state index contributed by atoms with van der Waals surface area (Å²) in [7, 11) is 0. The molecule has 0 aromatic rings. The standard InChI is InChI=1S/2CH2O3.Ag.Sr/c2*2-1(3)4;;/h2*(H2,2,3,4);;/q;;;+2/p-4. The maximum absolute atomic E-state index is 8.33. The first kappa shape index (κ1) is 22.4. The van der Waals surface area contributed by atoms with Crippen LogP contribution in [0, 0.1) is 0 Å². The zero-order chi connectivity index (χ0) is 7.15. The maximum Gasteiger partial charge on any atom is 2.00 e. The third-order valence-corrected chi connectivity index (χ3v) is 0. The summed E-state index contributed by atoms with van der Waals surface area (Å²) in [6.45, 7) is 0. The Morgan fingerprint density at radius 1 is 0.800 bits per heavy atom. The molecule has 0 aliphatic heterocycles. The Bertz CT molecular complexity index is 73.7. The number of carbonyl (C=O) groups excluding carboxylic acids is 2. The van der Waals surface area contributed by atoms with Gasteiger partial charge in [0.1, 0.15) is 0 Å². The molecule has 59 valence electrons. The summed E-state index contributed by atoms with van der Waals surface area (Å²) in [4.78, 5) is 16.7. The fourth-order valence-corrected chi connectivity index (χ4v) is 0. The number of carboxylic acid groups (broad SMARTS) is 4. The monoisotopic (exact) mass is 315 g/mol. The molecule has 0 atom stereocenters. The van der Waals surface area contributed by atoms with Crippen LogP contribution in [0.4, 0.5) is 9.59 Å². The van der Waals surface area contributed by atoms with Crippen LogP contribution in [0.3, 0.4) is 0 Å². The Kier molecular flexibility index (Phi) is 36.8. The van der Waals surface area contributed by atoms with E-state index in [9.17, 15) is 0 Å². The molecule has 0 spiro atoms. The molecule has 0 N–H and O–H groups in total. The molecular weight excluding hydrogens is 316 g/mol. The number of hydrogen-bond donors (Lipinski definition) is 0. The van der Waals surface area contributed by atoms with Gasteiger partial charge in [-0.15, -0.1) is 0 Å². The summed E-state index contributed by atoms with van der Waals surface area (Å²) < 4.78 is 0. The van der Waals surface area contributed by atoms with Crippen molar-refractivity contribution in [1.29, 1.82) is 0 Å². The summed E-state index contributed by atoms with van der Waals surface area (Å²) >= 11 is 0. The van der Waals surface area contributed by atoms with Gasteiger partial charge < -0.3 is 30.0 Å². The predicted octanol–water partition coefficient (Wildman–Crippen LogP) is -5.28. The largest absolute Gasteiger partial charge is 2.00 e. The van der Waals surface area contributed by atoms with E-state index in [1.165, 1.54) is 0 Å². The van der Waals surface area contributed by atoms with E-state index in [2.05, 4.69) is 0 Å². The first-order chi connectivity index (χ1) is 3.46. The van der Waals surface area contributed by atoms with Gasteiger partial charge in [0.2, 0.25) is 0 Å². The van der Waals surface area contributed by atoms with Crippen molar-refractivity contribution in [3.63, 3.8) is 0 Å². The maximum atomic E-state index is 8.33. The second-order valence-electron chi connectivity index (χ2n) is 0.500. The first-order valence-corrected chi connectivity index (χ1v) is 1.22. The van der Waals surface area contributed by atoms with Crippen molar-refractivity contribution in [1.82, 2.24) is 0 Å². The fourth-order valence-electron chi connectivity index (χ4n) is 0. The van der Waals surface area contributed by atoms with Crippen LogP contribution in [0.2, 0.25) is 0 Å². The summed E-state index contributed by atoms with van der Waals surface area (Å²) in [5.74, 6) is 0. The van der Waals surface area contributed by atoms with Crippen molar-refractivity contribution in [3.8, 4) is 0 Å². The van der Waals surface area contributed by atoms with Crippen molar-refractivity contribution in [2.24, 2.45) is 0 Å². The normalized spacial score (nSPS) is 4.80. The number of hydrogen-bond acceptors (Lipinski definition) is 6. The molecule has 0 heterocycles. The number of carbonyl (C=O) groups is 2. The van der Waals surface area contributed by atoms with Crippen molar-refractivity contribution >= 4 is 57.8 Å². The molecule has 0 aromatic carbocycles. The Morgan fingerprint density at radius 3 is 0.800 bits per heavy atom. The topological polar surface area (TPSA) is 126 Å². The van der Waals surface area contributed by atoms with Crippen molar-refractivity contribution in [3.05, 3.63) is 0 Å². The van der Waals surface area contributed by atoms with E-state index < -0.39 is 12.3 Å². The van der Waals surface area contributed by atoms with E-state index in [0.29, 0.717) is 0 Å². The molecule has 0 fully saturated rings.